The molecule has 35 heavy (non-hydrogen) atoms. The molecule has 4 rings (SSSR count). The van der Waals surface area contributed by atoms with Crippen molar-refractivity contribution in [3.63, 3.8) is 0 Å². The summed E-state index contributed by atoms with van der Waals surface area (Å²) in [5.41, 5.74) is 3.37. The number of hydrogen-bond donors (Lipinski definition) is 2. The van der Waals surface area contributed by atoms with Crippen LogP contribution >= 0.6 is 23.1 Å². The fraction of sp³-hybridized carbons (Fsp3) is 0.240. The predicted octanol–water partition coefficient (Wildman–Crippen LogP) is 4.95. The zero-order valence-corrected chi connectivity index (χ0v) is 21.3. The molecular weight excluding hydrogens is 480 g/mol. The van der Waals surface area contributed by atoms with Gasteiger partial charge in [-0.1, -0.05) is 60.3 Å². The first-order valence-electron chi connectivity index (χ1n) is 11.2. The monoisotopic (exact) mass is 506 g/mol. The molecule has 0 unspecified atom stereocenters. The molecule has 2 aromatic heterocycles. The van der Waals surface area contributed by atoms with Crippen LogP contribution in [0.1, 0.15) is 41.6 Å². The van der Waals surface area contributed by atoms with Crippen LogP contribution in [0, 0.1) is 6.92 Å². The van der Waals surface area contributed by atoms with E-state index >= 15 is 0 Å². The number of thiazole rings is 1. The average Bonchev–Trinajstić information content (AvgIpc) is 3.50. The molecule has 0 saturated heterocycles. The Morgan fingerprint density at radius 2 is 1.83 bits per heavy atom. The van der Waals surface area contributed by atoms with Gasteiger partial charge in [-0.15, -0.1) is 21.5 Å². The lowest BCUT2D eigenvalue weighted by Crippen LogP contribution is -2.29. The summed E-state index contributed by atoms with van der Waals surface area (Å²) in [5, 5.41) is 17.5. The highest BCUT2D eigenvalue weighted by molar-refractivity contribution is 7.99. The van der Waals surface area contributed by atoms with E-state index in [2.05, 4.69) is 25.8 Å². The lowest BCUT2D eigenvalue weighted by molar-refractivity contribution is -0.113. The van der Waals surface area contributed by atoms with Gasteiger partial charge in [0.2, 0.25) is 5.91 Å². The molecule has 0 aliphatic rings. The topological polar surface area (TPSA) is 102 Å². The molecule has 0 spiro atoms. The Bertz CT molecular complexity index is 1320. The van der Waals surface area contributed by atoms with Crippen LogP contribution < -0.4 is 10.6 Å². The van der Waals surface area contributed by atoms with E-state index in [9.17, 15) is 9.59 Å². The third-order valence-corrected chi connectivity index (χ3v) is 7.06. The molecule has 2 amide bonds. The van der Waals surface area contributed by atoms with Crippen LogP contribution in [0.4, 0.5) is 5.13 Å². The number of rotatable bonds is 9. The van der Waals surface area contributed by atoms with E-state index in [1.807, 2.05) is 79.2 Å². The highest BCUT2D eigenvalue weighted by Crippen LogP contribution is 2.25. The first kappa shape index (κ1) is 24.6. The number of carbonyl (C=O) groups excluding carboxylic acids is 2. The average molecular weight is 507 g/mol. The molecule has 0 bridgehead atoms. The van der Waals surface area contributed by atoms with Gasteiger partial charge in [-0.2, -0.15) is 0 Å². The molecular formula is C25H26N6O2S2. The third kappa shape index (κ3) is 5.95. The number of nitrogens with zero attached hydrogens (tertiary/aromatic N) is 4. The summed E-state index contributed by atoms with van der Waals surface area (Å²) in [6, 6.07) is 16.9. The van der Waals surface area contributed by atoms with E-state index in [0.717, 1.165) is 16.8 Å². The second-order valence-corrected chi connectivity index (χ2v) is 9.64. The van der Waals surface area contributed by atoms with Gasteiger partial charge in [0.15, 0.2) is 16.1 Å². The van der Waals surface area contributed by atoms with E-state index < -0.39 is 0 Å². The molecule has 4 aromatic rings. The van der Waals surface area contributed by atoms with Crippen LogP contribution in [0.3, 0.4) is 0 Å². The number of benzene rings is 2. The quantitative estimate of drug-likeness (QED) is 0.312. The van der Waals surface area contributed by atoms with Gasteiger partial charge in [-0.3, -0.25) is 9.59 Å². The van der Waals surface area contributed by atoms with Gasteiger partial charge < -0.3 is 15.2 Å². The number of nitrogens with one attached hydrogen (secondary N) is 2. The minimum atomic E-state index is -0.343. The Hall–Kier alpha value is -3.50. The second-order valence-electron chi connectivity index (χ2n) is 7.84. The Morgan fingerprint density at radius 3 is 2.57 bits per heavy atom. The molecule has 2 N–H and O–H groups in total. The SMILES string of the molecule is CCn1c(SCC(=O)Nc2nc(-c3ccccc3)cs2)nnc1[C@H](C)NC(=O)c1ccccc1C. The minimum absolute atomic E-state index is 0.159. The number of aryl methyl sites for hydroxylation is 1. The summed E-state index contributed by atoms with van der Waals surface area (Å²) in [6.45, 7) is 6.37. The number of aromatic nitrogens is 4. The molecule has 0 radical (unpaired) electrons. The normalized spacial score (nSPS) is 11.7. The van der Waals surface area contributed by atoms with Crippen molar-refractivity contribution in [2.24, 2.45) is 0 Å². The van der Waals surface area contributed by atoms with Crippen molar-refractivity contribution < 1.29 is 9.59 Å². The van der Waals surface area contributed by atoms with Gasteiger partial charge >= 0.3 is 0 Å². The molecule has 2 heterocycles. The summed E-state index contributed by atoms with van der Waals surface area (Å²) in [5.74, 6) is 0.484. The second kappa shape index (κ2) is 11.3. The summed E-state index contributed by atoms with van der Waals surface area (Å²) in [4.78, 5) is 29.7. The maximum Gasteiger partial charge on any atom is 0.252 e. The Morgan fingerprint density at radius 1 is 1.09 bits per heavy atom. The van der Waals surface area contributed by atoms with Crippen molar-refractivity contribution in [1.29, 1.82) is 0 Å². The lowest BCUT2D eigenvalue weighted by atomic mass is 10.1. The largest absolute Gasteiger partial charge is 0.342 e. The molecule has 0 aliphatic heterocycles. The Balaban J connectivity index is 1.36. The smallest absolute Gasteiger partial charge is 0.252 e. The summed E-state index contributed by atoms with van der Waals surface area (Å²) < 4.78 is 1.91. The number of amides is 2. The van der Waals surface area contributed by atoms with Gasteiger partial charge in [-0.05, 0) is 32.4 Å². The van der Waals surface area contributed by atoms with Crippen molar-refractivity contribution in [1.82, 2.24) is 25.1 Å². The van der Waals surface area contributed by atoms with Crippen LogP contribution in [0.15, 0.2) is 65.1 Å². The molecule has 0 aliphatic carbocycles. The highest BCUT2D eigenvalue weighted by atomic mass is 32.2. The number of carbonyl (C=O) groups is 2. The van der Waals surface area contributed by atoms with Crippen molar-refractivity contribution in [2.45, 2.75) is 38.5 Å². The molecule has 8 nitrogen and oxygen atoms in total. The van der Waals surface area contributed by atoms with Crippen LogP contribution in [0.25, 0.3) is 11.3 Å². The van der Waals surface area contributed by atoms with Crippen LogP contribution in [0.5, 0.6) is 0 Å². The maximum absolute atomic E-state index is 12.7. The fourth-order valence-electron chi connectivity index (χ4n) is 3.55. The molecule has 2 aromatic carbocycles. The van der Waals surface area contributed by atoms with Gasteiger partial charge in [-0.25, -0.2) is 4.98 Å². The van der Waals surface area contributed by atoms with Gasteiger partial charge in [0.05, 0.1) is 17.5 Å². The van der Waals surface area contributed by atoms with Crippen LogP contribution in [-0.4, -0.2) is 37.3 Å². The number of thioether (sulfide) groups is 1. The molecule has 1 atom stereocenters. The summed E-state index contributed by atoms with van der Waals surface area (Å²) >= 11 is 2.69. The van der Waals surface area contributed by atoms with Crippen molar-refractivity contribution in [2.75, 3.05) is 11.1 Å². The first-order chi connectivity index (χ1) is 17.0. The zero-order valence-electron chi connectivity index (χ0n) is 19.7. The van der Waals surface area contributed by atoms with Crippen LogP contribution in [0.2, 0.25) is 0 Å². The Labute approximate surface area is 212 Å². The van der Waals surface area contributed by atoms with Crippen molar-refractivity contribution in [3.05, 3.63) is 76.9 Å². The standard InChI is InChI=1S/C25H26N6O2S2/c1-4-31-22(17(3)26-23(33)19-13-9-8-10-16(19)2)29-30-25(31)35-15-21(32)28-24-27-20(14-34-24)18-11-6-5-7-12-18/h5-14,17H,4,15H2,1-3H3,(H,26,33)(H,27,28,32)/t17-/m0/s1. The van der Waals surface area contributed by atoms with Crippen LogP contribution in [-0.2, 0) is 11.3 Å². The van der Waals surface area contributed by atoms with Gasteiger partial charge in [0, 0.05) is 23.1 Å². The van der Waals surface area contributed by atoms with E-state index in [1.165, 1.54) is 23.1 Å². The van der Waals surface area contributed by atoms with E-state index in [-0.39, 0.29) is 23.6 Å². The number of anilines is 1. The lowest BCUT2D eigenvalue weighted by Gasteiger charge is -2.16. The van der Waals surface area contributed by atoms with Gasteiger partial charge in [0.25, 0.3) is 5.91 Å². The van der Waals surface area contributed by atoms with E-state index in [0.29, 0.717) is 28.2 Å². The maximum atomic E-state index is 12.7. The van der Waals surface area contributed by atoms with Crippen molar-refractivity contribution in [3.8, 4) is 11.3 Å². The summed E-state index contributed by atoms with van der Waals surface area (Å²) in [7, 11) is 0. The first-order valence-corrected chi connectivity index (χ1v) is 13.1. The highest BCUT2D eigenvalue weighted by Gasteiger charge is 2.21. The fourth-order valence-corrected chi connectivity index (χ4v) is 5.09. The molecule has 10 heteroatoms. The zero-order chi connectivity index (χ0) is 24.8. The van der Waals surface area contributed by atoms with E-state index in [4.69, 9.17) is 0 Å². The molecule has 180 valence electrons. The molecule has 0 saturated carbocycles. The minimum Gasteiger partial charge on any atom is -0.342 e. The third-order valence-electron chi connectivity index (χ3n) is 5.34. The Kier molecular flexibility index (Phi) is 7.94. The molecule has 0 fully saturated rings. The summed E-state index contributed by atoms with van der Waals surface area (Å²) in [6.07, 6.45) is 0. The van der Waals surface area contributed by atoms with E-state index in [1.54, 1.807) is 6.07 Å². The number of hydrogen-bond acceptors (Lipinski definition) is 7. The van der Waals surface area contributed by atoms with Crippen molar-refractivity contribution >= 4 is 40.0 Å². The predicted molar refractivity (Wildman–Crippen MR) is 140 cm³/mol. The van der Waals surface area contributed by atoms with Gasteiger partial charge in [0.1, 0.15) is 0 Å².